The summed E-state index contributed by atoms with van der Waals surface area (Å²) in [5.74, 6) is 0. The third-order valence-electron chi connectivity index (χ3n) is 1.19. The van der Waals surface area contributed by atoms with Crippen LogP contribution in [0.25, 0.3) is 0 Å². The molecule has 11 heavy (non-hydrogen) atoms. The van der Waals surface area contributed by atoms with Crippen LogP contribution in [0.15, 0.2) is 24.3 Å². The van der Waals surface area contributed by atoms with Crippen LogP contribution in [0, 0.1) is 0 Å². The molecule has 0 radical (unpaired) electrons. The van der Waals surface area contributed by atoms with Crippen LogP contribution >= 0.6 is 11.6 Å². The van der Waals surface area contributed by atoms with Gasteiger partial charge in [-0.1, -0.05) is 11.6 Å². The fourth-order valence-electron chi connectivity index (χ4n) is 0.655. The minimum Gasteiger partial charge on any atom is -0.281 e. The number of hydrogen-bond acceptors (Lipinski definition) is 2. The van der Waals surface area contributed by atoms with Crippen molar-refractivity contribution in [1.29, 1.82) is 0 Å². The molecule has 0 unspecified atom stereocenters. The fraction of sp³-hybridized carbons (Fsp3) is 0. The lowest BCUT2D eigenvalue weighted by molar-refractivity contribution is -0.111. The number of carbonyl (C=O) groups excluding carboxylic acids is 1. The molecular weight excluding hydrogens is 166 g/mol. The molecule has 0 heterocycles. The maximum Gasteiger partial charge on any atom is 0.237 e. The van der Waals surface area contributed by atoms with Crippen LogP contribution in [0.1, 0.15) is 0 Å². The molecule has 4 heteroatoms. The molecule has 1 amide bonds. The highest BCUT2D eigenvalue weighted by Gasteiger charge is 1.98. The van der Waals surface area contributed by atoms with E-state index >= 15 is 0 Å². The largest absolute Gasteiger partial charge is 0.281 e. The van der Waals surface area contributed by atoms with Gasteiger partial charge in [0.25, 0.3) is 0 Å². The number of carbonyl (C=O) groups is 1. The Morgan fingerprint density at radius 1 is 1.36 bits per heavy atom. The Labute approximate surface area is 68.8 Å². The monoisotopic (exact) mass is 171 g/mol. The van der Waals surface area contributed by atoms with E-state index in [4.69, 9.17) is 16.8 Å². The van der Waals surface area contributed by atoms with E-state index in [2.05, 4.69) is 0 Å². The highest BCUT2D eigenvalue weighted by atomic mass is 35.5. The van der Waals surface area contributed by atoms with Crippen LogP contribution in [0.3, 0.4) is 0 Å². The summed E-state index contributed by atoms with van der Waals surface area (Å²) in [6.45, 7) is 0. The molecule has 0 bridgehead atoms. The van der Waals surface area contributed by atoms with Crippen LogP contribution in [-0.2, 0) is 4.79 Å². The van der Waals surface area contributed by atoms with E-state index in [0.717, 1.165) is 0 Å². The second kappa shape index (κ2) is 3.37. The minimum atomic E-state index is 0.309. The van der Waals surface area contributed by atoms with Gasteiger partial charge in [-0.25, -0.2) is 0 Å². The summed E-state index contributed by atoms with van der Waals surface area (Å²) < 4.78 is 0. The standard InChI is InChI=1S/C7H6ClNO2/c8-6-1-3-7(4-2-6)9(11)5-10/h1-5,11H. The first-order chi connectivity index (χ1) is 5.24. The average molecular weight is 172 g/mol. The maximum atomic E-state index is 10.0. The highest BCUT2D eigenvalue weighted by molar-refractivity contribution is 6.30. The molecule has 1 aromatic rings. The third-order valence-corrected chi connectivity index (χ3v) is 1.44. The molecule has 0 aromatic heterocycles. The van der Waals surface area contributed by atoms with Crippen LogP contribution < -0.4 is 5.06 Å². The van der Waals surface area contributed by atoms with Gasteiger partial charge in [0.2, 0.25) is 6.41 Å². The van der Waals surface area contributed by atoms with Gasteiger partial charge < -0.3 is 0 Å². The van der Waals surface area contributed by atoms with E-state index in [1.165, 1.54) is 12.1 Å². The molecule has 0 atom stereocenters. The molecule has 0 aliphatic rings. The zero-order valence-electron chi connectivity index (χ0n) is 5.57. The van der Waals surface area contributed by atoms with Crippen LogP contribution in [0.2, 0.25) is 5.02 Å². The second-order valence-electron chi connectivity index (χ2n) is 1.93. The molecule has 0 saturated heterocycles. The summed E-state index contributed by atoms with van der Waals surface area (Å²) in [6, 6.07) is 6.25. The molecule has 58 valence electrons. The quantitative estimate of drug-likeness (QED) is 0.418. The summed E-state index contributed by atoms with van der Waals surface area (Å²) in [7, 11) is 0. The molecular formula is C7H6ClNO2. The number of amides is 1. The van der Waals surface area contributed by atoms with E-state index in [-0.39, 0.29) is 0 Å². The van der Waals surface area contributed by atoms with Gasteiger partial charge in [0.1, 0.15) is 0 Å². The van der Waals surface area contributed by atoms with Crippen molar-refractivity contribution in [2.75, 3.05) is 5.06 Å². The Balaban J connectivity index is 2.89. The number of hydroxylamine groups is 1. The molecule has 0 fully saturated rings. The van der Waals surface area contributed by atoms with Gasteiger partial charge >= 0.3 is 0 Å². The van der Waals surface area contributed by atoms with E-state index in [9.17, 15) is 4.79 Å². The molecule has 0 spiro atoms. The van der Waals surface area contributed by atoms with Crippen LogP contribution in [0.5, 0.6) is 0 Å². The van der Waals surface area contributed by atoms with Gasteiger partial charge in [-0.05, 0) is 24.3 Å². The number of rotatable bonds is 2. The van der Waals surface area contributed by atoms with Crippen molar-refractivity contribution >= 4 is 23.7 Å². The van der Waals surface area contributed by atoms with Crippen molar-refractivity contribution in [2.24, 2.45) is 0 Å². The minimum absolute atomic E-state index is 0.309. The van der Waals surface area contributed by atoms with Crippen LogP contribution in [0.4, 0.5) is 5.69 Å². The summed E-state index contributed by atoms with van der Waals surface area (Å²) in [6.07, 6.45) is 0.309. The molecule has 0 aliphatic heterocycles. The van der Waals surface area contributed by atoms with E-state index < -0.39 is 0 Å². The third kappa shape index (κ3) is 1.93. The van der Waals surface area contributed by atoms with Crippen molar-refractivity contribution in [3.8, 4) is 0 Å². The van der Waals surface area contributed by atoms with Gasteiger partial charge in [0.15, 0.2) is 0 Å². The number of hydrogen-bond donors (Lipinski definition) is 1. The van der Waals surface area contributed by atoms with Crippen molar-refractivity contribution in [3.05, 3.63) is 29.3 Å². The van der Waals surface area contributed by atoms with Crippen LogP contribution in [-0.4, -0.2) is 11.6 Å². The van der Waals surface area contributed by atoms with Gasteiger partial charge in [0.05, 0.1) is 5.69 Å². The zero-order valence-corrected chi connectivity index (χ0v) is 6.32. The Hall–Kier alpha value is -1.06. The van der Waals surface area contributed by atoms with Gasteiger partial charge in [0, 0.05) is 5.02 Å². The summed E-state index contributed by atoms with van der Waals surface area (Å²) in [4.78, 5) is 10.0. The Bertz CT molecular complexity index is 247. The van der Waals surface area contributed by atoms with E-state index in [0.29, 0.717) is 22.2 Å². The summed E-state index contributed by atoms with van der Waals surface area (Å²) in [5, 5.41) is 9.89. The van der Waals surface area contributed by atoms with Crippen molar-refractivity contribution in [2.45, 2.75) is 0 Å². The first-order valence-corrected chi connectivity index (χ1v) is 3.31. The highest BCUT2D eigenvalue weighted by Crippen LogP contribution is 2.14. The number of halogens is 1. The van der Waals surface area contributed by atoms with E-state index in [1.54, 1.807) is 12.1 Å². The predicted octanol–water partition coefficient (Wildman–Crippen LogP) is 1.69. The lowest BCUT2D eigenvalue weighted by atomic mass is 10.3. The first kappa shape index (κ1) is 8.04. The molecule has 1 aromatic carbocycles. The van der Waals surface area contributed by atoms with Crippen molar-refractivity contribution in [3.63, 3.8) is 0 Å². The van der Waals surface area contributed by atoms with Crippen molar-refractivity contribution in [1.82, 2.24) is 0 Å². The fourth-order valence-corrected chi connectivity index (χ4v) is 0.781. The number of benzene rings is 1. The van der Waals surface area contributed by atoms with Gasteiger partial charge in [-0.15, -0.1) is 0 Å². The zero-order chi connectivity index (χ0) is 8.27. The van der Waals surface area contributed by atoms with Crippen molar-refractivity contribution < 1.29 is 10.0 Å². The number of nitrogens with zero attached hydrogens (tertiary/aromatic N) is 1. The molecule has 0 aliphatic carbocycles. The first-order valence-electron chi connectivity index (χ1n) is 2.93. The molecule has 1 rings (SSSR count). The molecule has 0 saturated carbocycles. The molecule has 1 N–H and O–H groups in total. The Morgan fingerprint density at radius 3 is 2.36 bits per heavy atom. The maximum absolute atomic E-state index is 10.0. The molecule has 3 nitrogen and oxygen atoms in total. The summed E-state index contributed by atoms with van der Waals surface area (Å²) >= 11 is 5.57. The number of anilines is 1. The SMILES string of the molecule is O=CN(O)c1ccc(Cl)cc1. The smallest absolute Gasteiger partial charge is 0.237 e. The predicted molar refractivity (Wildman–Crippen MR) is 41.8 cm³/mol. The van der Waals surface area contributed by atoms with Gasteiger partial charge in [-0.3, -0.25) is 10.0 Å². The normalized spacial score (nSPS) is 9.27. The lowest BCUT2D eigenvalue weighted by Gasteiger charge is -2.06. The second-order valence-corrected chi connectivity index (χ2v) is 2.36. The van der Waals surface area contributed by atoms with E-state index in [1.807, 2.05) is 0 Å². The Kier molecular flexibility index (Phi) is 2.46. The average Bonchev–Trinajstić information content (AvgIpc) is 2.05. The Morgan fingerprint density at radius 2 is 1.91 bits per heavy atom. The van der Waals surface area contributed by atoms with Gasteiger partial charge in [-0.2, -0.15) is 5.06 Å². The topological polar surface area (TPSA) is 40.5 Å². The lowest BCUT2D eigenvalue weighted by Crippen LogP contribution is -2.14. The summed E-state index contributed by atoms with van der Waals surface area (Å²) in [5.41, 5.74) is 0.393.